The summed E-state index contributed by atoms with van der Waals surface area (Å²) in [7, 11) is -4.15. The van der Waals surface area contributed by atoms with Crippen molar-refractivity contribution in [2.45, 2.75) is 24.8 Å². The highest BCUT2D eigenvalue weighted by molar-refractivity contribution is 8.30. The topological polar surface area (TPSA) is 175 Å². The van der Waals surface area contributed by atoms with Crippen LogP contribution in [0.5, 0.6) is 0 Å². The molecule has 3 N–H and O–H groups in total. The summed E-state index contributed by atoms with van der Waals surface area (Å²) < 4.78 is 32.8. The van der Waals surface area contributed by atoms with E-state index in [-0.39, 0.29) is 31.4 Å². The predicted octanol–water partition coefficient (Wildman–Crippen LogP) is 0.950. The molecule has 0 atom stereocenters. The van der Waals surface area contributed by atoms with Crippen molar-refractivity contribution < 1.29 is 37.6 Å². The number of aromatic nitrogens is 1. The minimum Gasteiger partial charge on any atom is -0.480 e. The number of benzene rings is 1. The van der Waals surface area contributed by atoms with Crippen LogP contribution in [-0.4, -0.2) is 73.7 Å². The molecule has 1 amide bonds. The third-order valence-electron chi connectivity index (χ3n) is 5.61. The number of carbonyl (C=O) groups excluding carboxylic acids is 1. The third-order valence-corrected chi connectivity index (χ3v) is 10.4. The number of rotatable bonds is 9. The van der Waals surface area contributed by atoms with Gasteiger partial charge in [-0.1, -0.05) is 47.9 Å². The molecule has 17 heteroatoms. The minimum absolute atomic E-state index is 0.0189. The number of amides is 1. The molecule has 0 unspecified atom stereocenters. The molecule has 4 rings (SSSR count). The molecule has 1 aromatic carbocycles. The number of nitrogens with zero attached hydrogens (tertiary/aromatic N) is 3. The largest absolute Gasteiger partial charge is 0.480 e. The number of para-hydroxylation sites is 1. The Kier molecular flexibility index (Phi) is 8.91. The van der Waals surface area contributed by atoms with Gasteiger partial charge in [-0.15, -0.1) is 11.3 Å². The minimum atomic E-state index is -4.15. The number of aliphatic carboxylic acids is 2. The zero-order valence-corrected chi connectivity index (χ0v) is 24.7. The van der Waals surface area contributed by atoms with E-state index < -0.39 is 52.4 Å². The number of allylic oxidation sites excluding steroid dienone is 1. The number of fused-ring (bicyclic) bond motifs is 1. The smallest absolute Gasteiger partial charge is 0.323 e. The van der Waals surface area contributed by atoms with Crippen LogP contribution >= 0.6 is 47.1 Å². The Morgan fingerprint density at radius 3 is 2.38 bits per heavy atom. The number of carbonyl (C=O) groups is 3. The summed E-state index contributed by atoms with van der Waals surface area (Å²) in [6, 6.07) is 7.44. The van der Waals surface area contributed by atoms with E-state index in [1.54, 1.807) is 13.0 Å². The Morgan fingerprint density at radius 1 is 1.05 bits per heavy atom. The average molecular weight is 644 g/mol. The molecule has 12 nitrogen and oxygen atoms in total. The second-order valence-corrected chi connectivity index (χ2v) is 13.8. The Hall–Kier alpha value is -2.96. The number of thiocarbonyl (C=S) groups is 1. The second-order valence-electron chi connectivity index (χ2n) is 8.53. The number of hydrogen-bond donors (Lipinski definition) is 3. The first-order chi connectivity index (χ1) is 18.8. The maximum atomic E-state index is 13.3. The van der Waals surface area contributed by atoms with Gasteiger partial charge in [-0.3, -0.25) is 33.2 Å². The van der Waals surface area contributed by atoms with Crippen molar-refractivity contribution in [2.24, 2.45) is 0 Å². The van der Waals surface area contributed by atoms with Gasteiger partial charge in [0.2, 0.25) is 0 Å². The molecule has 0 radical (unpaired) electrons. The number of anilines is 1. The first-order valence-corrected chi connectivity index (χ1v) is 15.9. The van der Waals surface area contributed by atoms with Crippen molar-refractivity contribution in [1.29, 1.82) is 0 Å². The fourth-order valence-electron chi connectivity index (χ4n) is 3.98. The first-order valence-electron chi connectivity index (χ1n) is 11.4. The third kappa shape index (κ3) is 6.50. The van der Waals surface area contributed by atoms with Crippen LogP contribution in [0.4, 0.5) is 5.69 Å². The van der Waals surface area contributed by atoms with Crippen molar-refractivity contribution in [2.75, 3.05) is 23.7 Å². The Balaban J connectivity index is 1.83. The lowest BCUT2D eigenvalue weighted by Crippen LogP contribution is -2.36. The van der Waals surface area contributed by atoms with E-state index in [2.05, 4.69) is 0 Å². The van der Waals surface area contributed by atoms with Crippen LogP contribution in [0.1, 0.15) is 13.3 Å². The molecule has 2 aromatic rings. The van der Waals surface area contributed by atoms with Gasteiger partial charge in [0.05, 0.1) is 21.0 Å². The molecular weight excluding hydrogens is 623 g/mol. The van der Waals surface area contributed by atoms with Crippen molar-refractivity contribution in [3.63, 3.8) is 0 Å². The van der Waals surface area contributed by atoms with Gasteiger partial charge in [0.15, 0.2) is 0 Å². The first kappa shape index (κ1) is 30.0. The van der Waals surface area contributed by atoms with E-state index in [1.165, 1.54) is 11.8 Å². The molecule has 2 aliphatic heterocycles. The van der Waals surface area contributed by atoms with Gasteiger partial charge in [0, 0.05) is 11.4 Å². The number of carboxylic acid groups (broad SMARTS) is 2. The van der Waals surface area contributed by atoms with E-state index in [9.17, 15) is 32.7 Å². The molecule has 40 heavy (non-hydrogen) atoms. The molecular formula is C23H21N3O9S5. The summed E-state index contributed by atoms with van der Waals surface area (Å²) >= 11 is 8.24. The molecule has 3 heterocycles. The summed E-state index contributed by atoms with van der Waals surface area (Å²) in [6.07, 6.45) is 1.71. The number of carboxylic acids is 2. The van der Waals surface area contributed by atoms with Crippen molar-refractivity contribution in [1.82, 2.24) is 9.47 Å². The lowest BCUT2D eigenvalue weighted by Gasteiger charge is -2.21. The number of thioether (sulfide) groups is 2. The monoisotopic (exact) mass is 643 g/mol. The van der Waals surface area contributed by atoms with Crippen LogP contribution < -0.4 is 19.7 Å². The quantitative estimate of drug-likeness (QED) is 0.261. The zero-order valence-electron chi connectivity index (χ0n) is 20.6. The molecule has 2 aliphatic rings. The highest BCUT2D eigenvalue weighted by Crippen LogP contribution is 2.47. The second kappa shape index (κ2) is 11.9. The molecule has 212 valence electrons. The Labute approximate surface area is 245 Å². The van der Waals surface area contributed by atoms with Gasteiger partial charge >= 0.3 is 11.9 Å². The summed E-state index contributed by atoms with van der Waals surface area (Å²) in [5, 5.41) is 19.2. The lowest BCUT2D eigenvalue weighted by atomic mass is 10.2. The fourth-order valence-corrected chi connectivity index (χ4v) is 8.18. The molecule has 0 aliphatic carbocycles. The maximum Gasteiger partial charge on any atom is 0.323 e. The standard InChI is InChI=1S/C23H21N3O9S5/c1-12(21-24(7-4-8-40(33,34)35)13-5-2-3-6-14(13)37-21)9-15-19(31)25(10-16(27)28)22(38-15)18-20(32)26(11-17(29)30)23(36)39-18/h2-3,5-6,9H,4,7-8,10-11H2,1H3,(H,27,28)(H,29,30)(H,33,34,35)/b15-9?,21-12+,22-18+. The molecule has 0 bridgehead atoms. The van der Waals surface area contributed by atoms with Crippen LogP contribution in [-0.2, 0) is 31.0 Å². The van der Waals surface area contributed by atoms with Gasteiger partial charge in [0.1, 0.15) is 27.0 Å². The van der Waals surface area contributed by atoms with Crippen LogP contribution in [0, 0.1) is 0 Å². The van der Waals surface area contributed by atoms with Gasteiger partial charge < -0.3 is 15.1 Å². The van der Waals surface area contributed by atoms with Crippen molar-refractivity contribution in [3.05, 3.63) is 54.4 Å². The number of thiazole rings is 1. The highest BCUT2D eigenvalue weighted by Gasteiger charge is 2.35. The molecule has 1 saturated heterocycles. The molecule has 0 spiro atoms. The van der Waals surface area contributed by atoms with Gasteiger partial charge in [-0.25, -0.2) is 0 Å². The van der Waals surface area contributed by atoms with Crippen LogP contribution in [0.25, 0.3) is 11.0 Å². The van der Waals surface area contributed by atoms with Crippen molar-refractivity contribution in [3.8, 4) is 0 Å². The molecule has 0 saturated carbocycles. The summed E-state index contributed by atoms with van der Waals surface area (Å²) in [5.74, 6) is -3.74. The highest BCUT2D eigenvalue weighted by atomic mass is 32.2. The SMILES string of the molecule is C/C(C=c1s/c(=C2/SC(=S)N(CC(=O)O)C2=O)n(CC(=O)O)c1=O)=C1\Sc2ccccc2N1CCCS(=O)(=O)O. The van der Waals surface area contributed by atoms with E-state index in [0.29, 0.717) is 10.6 Å². The normalized spacial score (nSPS) is 18.5. The lowest BCUT2D eigenvalue weighted by molar-refractivity contribution is -0.140. The predicted molar refractivity (Wildman–Crippen MR) is 156 cm³/mol. The Morgan fingerprint density at radius 2 is 1.73 bits per heavy atom. The van der Waals surface area contributed by atoms with Gasteiger partial charge in [-0.05, 0) is 37.1 Å². The maximum absolute atomic E-state index is 13.3. The average Bonchev–Trinajstić information content (AvgIpc) is 3.46. The van der Waals surface area contributed by atoms with Gasteiger partial charge in [-0.2, -0.15) is 8.42 Å². The summed E-state index contributed by atoms with van der Waals surface area (Å²) in [5.41, 5.74) is 0.805. The van der Waals surface area contributed by atoms with E-state index in [4.69, 9.17) is 21.9 Å². The summed E-state index contributed by atoms with van der Waals surface area (Å²) in [4.78, 5) is 52.6. The zero-order chi connectivity index (χ0) is 29.4. The fraction of sp³-hybridized carbons (Fsp3) is 0.261. The van der Waals surface area contributed by atoms with Gasteiger partial charge in [0.25, 0.3) is 21.6 Å². The van der Waals surface area contributed by atoms with E-state index in [0.717, 1.165) is 43.1 Å². The van der Waals surface area contributed by atoms with Crippen LogP contribution in [0.15, 0.2) is 44.6 Å². The van der Waals surface area contributed by atoms with Crippen LogP contribution in [0.2, 0.25) is 0 Å². The molecule has 1 aromatic heterocycles. The number of hydrogen-bond acceptors (Lipinski definition) is 11. The molecule has 1 fully saturated rings. The van der Waals surface area contributed by atoms with Crippen molar-refractivity contribution >= 4 is 96.0 Å². The van der Waals surface area contributed by atoms with E-state index in [1.807, 2.05) is 29.2 Å². The van der Waals surface area contributed by atoms with E-state index >= 15 is 0 Å². The summed E-state index contributed by atoms with van der Waals surface area (Å²) in [6.45, 7) is 0.622. The van der Waals surface area contributed by atoms with Crippen LogP contribution in [0.3, 0.4) is 0 Å². The Bertz CT molecular complexity index is 1760.